The van der Waals surface area contributed by atoms with E-state index in [1.807, 2.05) is 26.0 Å². The number of aromatic amines is 2. The summed E-state index contributed by atoms with van der Waals surface area (Å²) < 4.78 is 0. The highest BCUT2D eigenvalue weighted by Gasteiger charge is 2.19. The highest BCUT2D eigenvalue weighted by atomic mass is 16.2. The second-order valence-electron chi connectivity index (χ2n) is 9.17. The van der Waals surface area contributed by atoms with Crippen LogP contribution in [0.1, 0.15) is 30.6 Å². The number of hydrogen-bond donors (Lipinski definition) is 3. The number of rotatable bonds is 6. The smallest absolute Gasteiger partial charge is 0.257 e. The number of H-pyrrole nitrogens is 2. The van der Waals surface area contributed by atoms with Crippen LogP contribution in [0.4, 0.5) is 5.69 Å². The third kappa shape index (κ3) is 4.38. The first-order chi connectivity index (χ1) is 17.3. The number of imidazole rings is 1. The van der Waals surface area contributed by atoms with E-state index in [4.69, 9.17) is 0 Å². The molecule has 182 valence electrons. The van der Waals surface area contributed by atoms with Gasteiger partial charge >= 0.3 is 0 Å². The van der Waals surface area contributed by atoms with E-state index in [2.05, 4.69) is 40.4 Å². The van der Waals surface area contributed by atoms with Crippen molar-refractivity contribution in [2.75, 3.05) is 19.4 Å². The topological polar surface area (TPSA) is 145 Å². The molecule has 0 saturated carbocycles. The second kappa shape index (κ2) is 9.17. The van der Waals surface area contributed by atoms with Crippen LogP contribution in [0.5, 0.6) is 0 Å². The van der Waals surface area contributed by atoms with Gasteiger partial charge in [0.25, 0.3) is 5.91 Å². The van der Waals surface area contributed by atoms with E-state index in [0.717, 1.165) is 16.5 Å². The number of fused-ring (bicyclic) bond motifs is 2. The number of anilines is 1. The molecule has 0 fully saturated rings. The summed E-state index contributed by atoms with van der Waals surface area (Å²) in [7, 11) is 3.37. The Labute approximate surface area is 206 Å². The molecule has 3 N–H and O–H groups in total. The Morgan fingerprint density at radius 2 is 1.81 bits per heavy atom. The maximum atomic E-state index is 12.6. The molecule has 5 rings (SSSR count). The van der Waals surface area contributed by atoms with Gasteiger partial charge < -0.3 is 15.2 Å². The number of pyridine rings is 3. The molecule has 5 aromatic heterocycles. The van der Waals surface area contributed by atoms with Crippen molar-refractivity contribution in [3.63, 3.8) is 0 Å². The molecule has 11 heteroatoms. The first kappa shape index (κ1) is 23.1. The van der Waals surface area contributed by atoms with Gasteiger partial charge in [0, 0.05) is 50.2 Å². The summed E-state index contributed by atoms with van der Waals surface area (Å²) in [5.41, 5.74) is 4.95. The van der Waals surface area contributed by atoms with E-state index >= 15 is 0 Å². The maximum Gasteiger partial charge on any atom is 0.257 e. The summed E-state index contributed by atoms with van der Waals surface area (Å²) in [6.45, 7) is 3.99. The predicted molar refractivity (Wildman–Crippen MR) is 136 cm³/mol. The molecule has 5 aromatic rings. The van der Waals surface area contributed by atoms with E-state index < -0.39 is 0 Å². The highest BCUT2D eigenvalue weighted by Crippen LogP contribution is 2.30. The normalized spacial score (nSPS) is 11.4. The summed E-state index contributed by atoms with van der Waals surface area (Å²) >= 11 is 0. The minimum Gasteiger partial charge on any atom is -0.345 e. The Morgan fingerprint density at radius 1 is 1.03 bits per heavy atom. The van der Waals surface area contributed by atoms with Gasteiger partial charge in [0.2, 0.25) is 5.91 Å². The van der Waals surface area contributed by atoms with Crippen molar-refractivity contribution in [2.24, 2.45) is 5.92 Å². The lowest BCUT2D eigenvalue weighted by atomic mass is 10.1. The first-order valence-electron chi connectivity index (χ1n) is 11.4. The van der Waals surface area contributed by atoms with Crippen molar-refractivity contribution in [3.05, 3.63) is 48.7 Å². The van der Waals surface area contributed by atoms with Crippen LogP contribution in [-0.4, -0.2) is 65.9 Å². The average Bonchev–Trinajstić information content (AvgIpc) is 3.46. The molecule has 0 aliphatic heterocycles. The zero-order chi connectivity index (χ0) is 25.4. The van der Waals surface area contributed by atoms with Gasteiger partial charge in [0.05, 0.1) is 34.5 Å². The molecule has 0 aliphatic rings. The molecule has 11 nitrogen and oxygen atoms in total. The fraction of sp³-hybridized carbons (Fsp3) is 0.240. The summed E-state index contributed by atoms with van der Waals surface area (Å²) in [4.78, 5) is 47.1. The second-order valence-corrected chi connectivity index (χ2v) is 9.17. The predicted octanol–water partition coefficient (Wildman–Crippen LogP) is 3.64. The number of nitrogens with zero attached hydrogens (tertiary/aromatic N) is 6. The van der Waals surface area contributed by atoms with Gasteiger partial charge in [0.15, 0.2) is 11.5 Å². The Hall–Kier alpha value is -4.67. The van der Waals surface area contributed by atoms with Crippen LogP contribution in [0.25, 0.3) is 44.7 Å². The molecule has 36 heavy (non-hydrogen) atoms. The van der Waals surface area contributed by atoms with Crippen molar-refractivity contribution < 1.29 is 9.59 Å². The van der Waals surface area contributed by atoms with Crippen LogP contribution in [0.2, 0.25) is 0 Å². The number of carbonyl (C=O) groups is 2. The largest absolute Gasteiger partial charge is 0.345 e. The SMILES string of the molecule is CC(C)CC(=O)Nc1cncc(-c2cnc3n[nH]c(-c4nc5c(C(=O)N(C)C)cncc5[nH]4)c3c2)c1. The summed E-state index contributed by atoms with van der Waals surface area (Å²) in [5, 5.41) is 11.0. The highest BCUT2D eigenvalue weighted by molar-refractivity contribution is 6.05. The van der Waals surface area contributed by atoms with E-state index in [0.29, 0.717) is 45.9 Å². The minimum absolute atomic E-state index is 0.0545. The van der Waals surface area contributed by atoms with Gasteiger partial charge in [-0.15, -0.1) is 0 Å². The lowest BCUT2D eigenvalue weighted by Gasteiger charge is -2.09. The van der Waals surface area contributed by atoms with E-state index in [1.54, 1.807) is 38.9 Å². The fourth-order valence-corrected chi connectivity index (χ4v) is 3.94. The van der Waals surface area contributed by atoms with E-state index in [-0.39, 0.29) is 17.7 Å². The molecule has 2 amide bonds. The van der Waals surface area contributed by atoms with Gasteiger partial charge in [-0.1, -0.05) is 13.8 Å². The Morgan fingerprint density at radius 3 is 2.58 bits per heavy atom. The molecule has 0 atom stereocenters. The van der Waals surface area contributed by atoms with Crippen molar-refractivity contribution in [2.45, 2.75) is 20.3 Å². The van der Waals surface area contributed by atoms with E-state index in [1.165, 1.54) is 11.1 Å². The van der Waals surface area contributed by atoms with Crippen molar-refractivity contribution in [1.82, 2.24) is 40.0 Å². The van der Waals surface area contributed by atoms with Gasteiger partial charge in [-0.25, -0.2) is 9.97 Å². The van der Waals surface area contributed by atoms with Crippen LogP contribution in [0, 0.1) is 5.92 Å². The van der Waals surface area contributed by atoms with Gasteiger partial charge in [0.1, 0.15) is 11.2 Å². The zero-order valence-corrected chi connectivity index (χ0v) is 20.3. The molecule has 0 aliphatic carbocycles. The number of carbonyl (C=O) groups excluding carboxylic acids is 2. The van der Waals surface area contributed by atoms with Crippen molar-refractivity contribution in [1.29, 1.82) is 0 Å². The number of aromatic nitrogens is 7. The number of nitrogens with one attached hydrogen (secondary N) is 3. The third-order valence-corrected chi connectivity index (χ3v) is 5.63. The first-order valence-corrected chi connectivity index (χ1v) is 11.4. The van der Waals surface area contributed by atoms with Crippen LogP contribution in [0.15, 0.2) is 43.1 Å². The quantitative estimate of drug-likeness (QED) is 0.334. The molecule has 5 heterocycles. The van der Waals surface area contributed by atoms with Crippen LogP contribution < -0.4 is 5.32 Å². The molecular weight excluding hydrogens is 458 g/mol. The standard InChI is InChI=1S/C25H25N9O2/c1-13(2)5-20(35)29-16-6-14(8-26-10-16)15-7-17-22(32-33-23(17)28-9-15)24-30-19-12-27-11-18(21(19)31-24)25(36)34(3)4/h6-13H,5H2,1-4H3,(H,29,35)(H,30,31)(H,28,32,33). The lowest BCUT2D eigenvalue weighted by molar-refractivity contribution is -0.116. The van der Waals surface area contributed by atoms with Gasteiger partial charge in [-0.05, 0) is 18.1 Å². The Balaban J connectivity index is 1.52. The van der Waals surface area contributed by atoms with Crippen molar-refractivity contribution in [3.8, 4) is 22.6 Å². The van der Waals surface area contributed by atoms with Crippen molar-refractivity contribution >= 4 is 39.6 Å². The summed E-state index contributed by atoms with van der Waals surface area (Å²) in [6, 6.07) is 3.80. The lowest BCUT2D eigenvalue weighted by Crippen LogP contribution is -2.22. The van der Waals surface area contributed by atoms with E-state index in [9.17, 15) is 9.59 Å². The molecule has 0 bridgehead atoms. The summed E-state index contributed by atoms with van der Waals surface area (Å²) in [5.74, 6) is 0.539. The Bertz CT molecular complexity index is 1600. The number of hydrogen-bond acceptors (Lipinski definition) is 7. The van der Waals surface area contributed by atoms with Crippen LogP contribution in [0.3, 0.4) is 0 Å². The summed E-state index contributed by atoms with van der Waals surface area (Å²) in [6.07, 6.45) is 8.62. The molecule has 0 unspecified atom stereocenters. The zero-order valence-electron chi connectivity index (χ0n) is 20.3. The number of amides is 2. The van der Waals surface area contributed by atoms with Gasteiger partial charge in [-0.3, -0.25) is 24.7 Å². The Kier molecular flexibility index (Phi) is 5.88. The molecule has 0 spiro atoms. The van der Waals surface area contributed by atoms with Crippen LogP contribution in [-0.2, 0) is 4.79 Å². The molecule has 0 saturated heterocycles. The molecule has 0 aromatic carbocycles. The molecule has 0 radical (unpaired) electrons. The third-order valence-electron chi connectivity index (χ3n) is 5.63. The average molecular weight is 484 g/mol. The maximum absolute atomic E-state index is 12.6. The minimum atomic E-state index is -0.183. The molecular formula is C25H25N9O2. The monoisotopic (exact) mass is 483 g/mol. The van der Waals surface area contributed by atoms with Crippen LogP contribution >= 0.6 is 0 Å². The fourth-order valence-electron chi connectivity index (χ4n) is 3.94. The van der Waals surface area contributed by atoms with Gasteiger partial charge in [-0.2, -0.15) is 5.10 Å².